The van der Waals surface area contributed by atoms with Crippen LogP contribution in [-0.2, 0) is 21.4 Å². The van der Waals surface area contributed by atoms with Crippen molar-refractivity contribution in [3.05, 3.63) is 29.3 Å². The van der Waals surface area contributed by atoms with Crippen molar-refractivity contribution < 1.29 is 14.3 Å². The maximum absolute atomic E-state index is 11.6. The number of carbonyl (C=O) groups is 1. The second-order valence-corrected chi connectivity index (χ2v) is 5.26. The Kier molecular flexibility index (Phi) is 4.76. The molecule has 1 aromatic rings. The molecule has 0 saturated heterocycles. The van der Waals surface area contributed by atoms with Gasteiger partial charge in [-0.15, -0.1) is 0 Å². The molecular weight excluding hydrogens is 228 g/mol. The maximum atomic E-state index is 11.6. The van der Waals surface area contributed by atoms with Gasteiger partial charge in [-0.3, -0.25) is 4.79 Å². The number of rotatable bonds is 4. The van der Waals surface area contributed by atoms with Gasteiger partial charge in [0.05, 0.1) is 20.1 Å². The Morgan fingerprint density at radius 3 is 2.44 bits per heavy atom. The fourth-order valence-electron chi connectivity index (χ4n) is 1.75. The van der Waals surface area contributed by atoms with Crippen molar-refractivity contribution in [2.75, 3.05) is 13.7 Å². The van der Waals surface area contributed by atoms with Crippen molar-refractivity contribution in [3.63, 3.8) is 0 Å². The number of hydrogen-bond donors (Lipinski definition) is 0. The van der Waals surface area contributed by atoms with E-state index in [9.17, 15) is 4.79 Å². The smallest absolute Gasteiger partial charge is 0.310 e. The standard InChI is InChI=1S/C15H22O3/c1-6-18-14(16)10-11-9-12(15(2,3)4)7-8-13(11)17-5/h7-9H,6,10H2,1-5H3. The Hall–Kier alpha value is -1.51. The second-order valence-electron chi connectivity index (χ2n) is 5.26. The normalized spacial score (nSPS) is 11.2. The molecule has 0 aliphatic carbocycles. The molecule has 0 unspecified atom stereocenters. The highest BCUT2D eigenvalue weighted by molar-refractivity contribution is 5.73. The van der Waals surface area contributed by atoms with Crippen LogP contribution in [0.1, 0.15) is 38.8 Å². The molecule has 0 aliphatic heterocycles. The highest BCUT2D eigenvalue weighted by Gasteiger charge is 2.17. The lowest BCUT2D eigenvalue weighted by Crippen LogP contribution is -2.13. The topological polar surface area (TPSA) is 35.5 Å². The fourth-order valence-corrected chi connectivity index (χ4v) is 1.75. The fraction of sp³-hybridized carbons (Fsp3) is 0.533. The van der Waals surface area contributed by atoms with E-state index in [1.807, 2.05) is 18.2 Å². The number of hydrogen-bond acceptors (Lipinski definition) is 3. The minimum absolute atomic E-state index is 0.0513. The van der Waals surface area contributed by atoms with E-state index in [1.54, 1.807) is 14.0 Å². The molecule has 0 atom stereocenters. The van der Waals surface area contributed by atoms with Crippen molar-refractivity contribution >= 4 is 5.97 Å². The molecule has 0 N–H and O–H groups in total. The third kappa shape index (κ3) is 3.76. The zero-order valence-electron chi connectivity index (χ0n) is 11.9. The van der Waals surface area contributed by atoms with Gasteiger partial charge in [0.2, 0.25) is 0 Å². The summed E-state index contributed by atoms with van der Waals surface area (Å²) >= 11 is 0. The summed E-state index contributed by atoms with van der Waals surface area (Å²) in [5, 5.41) is 0. The Balaban J connectivity index is 3.03. The lowest BCUT2D eigenvalue weighted by molar-refractivity contribution is -0.142. The monoisotopic (exact) mass is 250 g/mol. The Labute approximate surface area is 109 Å². The van der Waals surface area contributed by atoms with Crippen molar-refractivity contribution in [2.45, 2.75) is 39.5 Å². The molecule has 0 amide bonds. The molecule has 0 radical (unpaired) electrons. The third-order valence-corrected chi connectivity index (χ3v) is 2.79. The Bertz CT molecular complexity index is 416. The minimum Gasteiger partial charge on any atom is -0.496 e. The molecule has 0 aliphatic rings. The van der Waals surface area contributed by atoms with E-state index in [2.05, 4.69) is 20.8 Å². The molecule has 0 saturated carbocycles. The molecule has 3 heteroatoms. The van der Waals surface area contributed by atoms with Gasteiger partial charge >= 0.3 is 5.97 Å². The summed E-state index contributed by atoms with van der Waals surface area (Å²) in [6.45, 7) is 8.63. The first-order valence-corrected chi connectivity index (χ1v) is 6.21. The largest absolute Gasteiger partial charge is 0.496 e. The summed E-state index contributed by atoms with van der Waals surface area (Å²) < 4.78 is 10.3. The number of methoxy groups -OCH3 is 1. The second kappa shape index (κ2) is 5.89. The van der Waals surface area contributed by atoms with E-state index in [4.69, 9.17) is 9.47 Å². The van der Waals surface area contributed by atoms with Gasteiger partial charge in [0, 0.05) is 5.56 Å². The van der Waals surface area contributed by atoms with Gasteiger partial charge in [-0.25, -0.2) is 0 Å². The van der Waals surface area contributed by atoms with Crippen LogP contribution in [0.3, 0.4) is 0 Å². The highest BCUT2D eigenvalue weighted by Crippen LogP contribution is 2.28. The molecule has 100 valence electrons. The van der Waals surface area contributed by atoms with E-state index in [0.717, 1.165) is 11.3 Å². The highest BCUT2D eigenvalue weighted by atomic mass is 16.5. The van der Waals surface area contributed by atoms with Gasteiger partial charge in [-0.2, -0.15) is 0 Å². The van der Waals surface area contributed by atoms with Gasteiger partial charge in [0.25, 0.3) is 0 Å². The molecule has 0 heterocycles. The van der Waals surface area contributed by atoms with Crippen molar-refractivity contribution in [2.24, 2.45) is 0 Å². The van der Waals surface area contributed by atoms with Gasteiger partial charge < -0.3 is 9.47 Å². The summed E-state index contributed by atoms with van der Waals surface area (Å²) in [6, 6.07) is 5.97. The number of benzene rings is 1. The summed E-state index contributed by atoms with van der Waals surface area (Å²) in [4.78, 5) is 11.6. The first kappa shape index (κ1) is 14.6. The molecule has 18 heavy (non-hydrogen) atoms. The summed E-state index contributed by atoms with van der Waals surface area (Å²) in [5.41, 5.74) is 2.11. The molecule has 0 spiro atoms. The van der Waals surface area contributed by atoms with Crippen LogP contribution in [0.2, 0.25) is 0 Å². The molecule has 0 fully saturated rings. The van der Waals surface area contributed by atoms with E-state index in [0.29, 0.717) is 6.61 Å². The van der Waals surface area contributed by atoms with Gasteiger partial charge in [-0.05, 0) is 24.0 Å². The summed E-state index contributed by atoms with van der Waals surface area (Å²) in [6.07, 6.45) is 0.251. The lowest BCUT2D eigenvalue weighted by Gasteiger charge is -2.21. The van der Waals surface area contributed by atoms with E-state index in [-0.39, 0.29) is 17.8 Å². The van der Waals surface area contributed by atoms with Gasteiger partial charge in [0.1, 0.15) is 5.75 Å². The molecule has 0 bridgehead atoms. The summed E-state index contributed by atoms with van der Waals surface area (Å²) in [7, 11) is 1.61. The van der Waals surface area contributed by atoms with Crippen LogP contribution in [0.5, 0.6) is 5.75 Å². The van der Waals surface area contributed by atoms with E-state index < -0.39 is 0 Å². The third-order valence-electron chi connectivity index (χ3n) is 2.79. The molecule has 0 aromatic heterocycles. The lowest BCUT2D eigenvalue weighted by atomic mass is 9.85. The molecule has 1 aromatic carbocycles. The zero-order valence-corrected chi connectivity index (χ0v) is 11.9. The van der Waals surface area contributed by atoms with Crippen molar-refractivity contribution in [3.8, 4) is 5.75 Å². The van der Waals surface area contributed by atoms with Crippen LogP contribution >= 0.6 is 0 Å². The predicted molar refractivity (Wildman–Crippen MR) is 72.0 cm³/mol. The number of carbonyl (C=O) groups excluding carboxylic acids is 1. The average molecular weight is 250 g/mol. The Morgan fingerprint density at radius 2 is 1.94 bits per heavy atom. The Morgan fingerprint density at radius 1 is 1.28 bits per heavy atom. The van der Waals surface area contributed by atoms with Gasteiger partial charge in [-0.1, -0.05) is 32.9 Å². The minimum atomic E-state index is -0.221. The number of ether oxygens (including phenoxy) is 2. The van der Waals surface area contributed by atoms with E-state index >= 15 is 0 Å². The van der Waals surface area contributed by atoms with Crippen LogP contribution in [0.15, 0.2) is 18.2 Å². The molecule has 1 rings (SSSR count). The SMILES string of the molecule is CCOC(=O)Cc1cc(C(C)(C)C)ccc1OC. The average Bonchev–Trinajstić information content (AvgIpc) is 2.28. The van der Waals surface area contributed by atoms with Crippen molar-refractivity contribution in [1.82, 2.24) is 0 Å². The molecule has 3 nitrogen and oxygen atoms in total. The van der Waals surface area contributed by atoms with Crippen molar-refractivity contribution in [1.29, 1.82) is 0 Å². The van der Waals surface area contributed by atoms with Crippen LogP contribution in [0.4, 0.5) is 0 Å². The quantitative estimate of drug-likeness (QED) is 0.770. The van der Waals surface area contributed by atoms with Gasteiger partial charge in [0.15, 0.2) is 0 Å². The zero-order chi connectivity index (χ0) is 13.8. The first-order chi connectivity index (χ1) is 8.38. The van der Waals surface area contributed by atoms with Crippen LogP contribution < -0.4 is 4.74 Å². The first-order valence-electron chi connectivity index (χ1n) is 6.21. The maximum Gasteiger partial charge on any atom is 0.310 e. The predicted octanol–water partition coefficient (Wildman–Crippen LogP) is 3.10. The van der Waals surface area contributed by atoms with E-state index in [1.165, 1.54) is 5.56 Å². The number of esters is 1. The summed E-state index contributed by atoms with van der Waals surface area (Å²) in [5.74, 6) is 0.512. The molecular formula is C15H22O3. The van der Waals surface area contributed by atoms with Crippen LogP contribution in [0.25, 0.3) is 0 Å². The van der Waals surface area contributed by atoms with Crippen LogP contribution in [-0.4, -0.2) is 19.7 Å². The van der Waals surface area contributed by atoms with Crippen LogP contribution in [0, 0.1) is 0 Å².